The molecule has 0 saturated carbocycles. The van der Waals surface area contributed by atoms with Crippen LogP contribution in [0.1, 0.15) is 135 Å². The van der Waals surface area contributed by atoms with Crippen LogP contribution in [-0.2, 0) is 42.2 Å². The molecular weight excluding hydrogens is 930 g/mol. The van der Waals surface area contributed by atoms with Crippen LogP contribution >= 0.6 is 0 Å². The van der Waals surface area contributed by atoms with Crippen LogP contribution in [0.3, 0.4) is 0 Å². The number of aliphatic imine (C=N–C) groups is 1. The first-order valence-electron chi connectivity index (χ1n) is 21.5. The van der Waals surface area contributed by atoms with Crippen LogP contribution in [-0.4, -0.2) is 21.0 Å². The first-order valence-corrected chi connectivity index (χ1v) is 21.5. The van der Waals surface area contributed by atoms with Crippen molar-refractivity contribution >= 4 is 27.8 Å². The summed E-state index contributed by atoms with van der Waals surface area (Å²) in [5.41, 5.74) is 10.5. The molecule has 6 heteroatoms. The van der Waals surface area contributed by atoms with E-state index in [1.807, 2.05) is 18.3 Å². The summed E-state index contributed by atoms with van der Waals surface area (Å²) in [5.74, 6) is 2.31. The third-order valence-corrected chi connectivity index (χ3v) is 12.5. The van der Waals surface area contributed by atoms with E-state index in [2.05, 4.69) is 198 Å². The summed E-state index contributed by atoms with van der Waals surface area (Å²) >= 11 is 0. The summed E-state index contributed by atoms with van der Waals surface area (Å²) in [7, 11) is 0. The van der Waals surface area contributed by atoms with Gasteiger partial charge in [0.25, 0.3) is 0 Å². The SMILES string of the molecule is CC(C)c1cccc(C(C)C)c1-c1cc(Oc2[c-]c(-n3c4ccc(C(C)(C)C)cc4c4cccnc43)cc(C(C)(C)C)c2)[c-]c(C2=N[C@](C)(c3ccccc3)C(C)(C)O2)c1.[Pt+2]. The van der Waals surface area contributed by atoms with E-state index in [9.17, 15) is 0 Å². The van der Waals surface area contributed by atoms with Gasteiger partial charge in [-0.25, -0.2) is 4.98 Å². The van der Waals surface area contributed by atoms with E-state index in [0.29, 0.717) is 29.2 Å². The molecule has 5 aromatic carbocycles. The molecule has 5 nitrogen and oxygen atoms in total. The van der Waals surface area contributed by atoms with E-state index < -0.39 is 11.1 Å². The zero-order chi connectivity index (χ0) is 42.9. The first-order chi connectivity index (χ1) is 28.2. The number of ether oxygens (including phenoxy) is 2. The Labute approximate surface area is 377 Å². The second kappa shape index (κ2) is 16.0. The number of benzene rings is 5. The van der Waals surface area contributed by atoms with E-state index in [4.69, 9.17) is 19.5 Å². The molecule has 8 rings (SSSR count). The van der Waals surface area contributed by atoms with Gasteiger partial charge in [-0.2, -0.15) is 0 Å². The van der Waals surface area contributed by atoms with E-state index in [1.165, 1.54) is 27.6 Å². The molecule has 0 aliphatic carbocycles. The Morgan fingerprint density at radius 3 is 1.97 bits per heavy atom. The Balaban J connectivity index is 0.00000561. The maximum absolute atomic E-state index is 7.04. The average molecular weight is 989 g/mol. The Morgan fingerprint density at radius 2 is 1.33 bits per heavy atom. The summed E-state index contributed by atoms with van der Waals surface area (Å²) in [5, 5.41) is 2.27. The molecule has 1 aliphatic heterocycles. The molecule has 0 saturated heterocycles. The van der Waals surface area contributed by atoms with Crippen molar-refractivity contribution < 1.29 is 30.5 Å². The minimum atomic E-state index is -0.624. The zero-order valence-electron chi connectivity index (χ0n) is 38.0. The van der Waals surface area contributed by atoms with Crippen LogP contribution < -0.4 is 4.74 Å². The van der Waals surface area contributed by atoms with Crippen LogP contribution in [0.25, 0.3) is 38.8 Å². The molecule has 1 atom stereocenters. The smallest absolute Gasteiger partial charge is 0.512 e. The Kier molecular flexibility index (Phi) is 11.6. The van der Waals surface area contributed by atoms with Crippen molar-refractivity contribution in [1.82, 2.24) is 9.55 Å². The summed E-state index contributed by atoms with van der Waals surface area (Å²) in [6.45, 7) is 28.9. The molecule has 0 unspecified atom stereocenters. The maximum Gasteiger partial charge on any atom is 2.00 e. The standard InChI is InChI=1S/C55H59N3O2.Pt/c1-34(2)44-21-17-22-45(35(3)4)49(44)36-27-37(51-57-55(13,54(11,12)60-51)38-19-15-14-16-20-38)29-42(28-36)59-43-31-40(53(8,9)10)30-41(33-43)58-48-25-24-39(52(5,6)7)32-47(48)46-23-18-26-56-50(46)58;/h14-28,30-32,34-35H,1-13H3;/q-2;+2/t55-;/m1./s1. The van der Waals surface area contributed by atoms with Crippen molar-refractivity contribution in [2.45, 2.75) is 124 Å². The van der Waals surface area contributed by atoms with E-state index in [0.717, 1.165) is 44.5 Å². The maximum atomic E-state index is 7.04. The van der Waals surface area contributed by atoms with E-state index in [1.54, 1.807) is 0 Å². The fraction of sp³-hybridized carbons (Fsp3) is 0.345. The molecule has 0 bridgehead atoms. The van der Waals surface area contributed by atoms with Gasteiger partial charge in [-0.1, -0.05) is 153 Å². The van der Waals surface area contributed by atoms with Crippen LogP contribution in [0.4, 0.5) is 0 Å². The van der Waals surface area contributed by atoms with Gasteiger partial charge in [-0.3, -0.25) is 4.99 Å². The Bertz CT molecular complexity index is 2760. The number of aromatic nitrogens is 2. The second-order valence-electron chi connectivity index (χ2n) is 19.9. The number of fused-ring (bicyclic) bond motifs is 3. The van der Waals surface area contributed by atoms with Crippen molar-refractivity contribution in [2.24, 2.45) is 4.99 Å². The zero-order valence-corrected chi connectivity index (χ0v) is 40.3. The molecule has 3 heterocycles. The molecule has 2 aromatic heterocycles. The van der Waals surface area contributed by atoms with Crippen LogP contribution in [0.5, 0.6) is 11.5 Å². The predicted octanol–water partition coefficient (Wildman–Crippen LogP) is 14.5. The summed E-state index contributed by atoms with van der Waals surface area (Å²) in [6.07, 6.45) is 1.87. The van der Waals surface area contributed by atoms with Crippen molar-refractivity contribution in [3.05, 3.63) is 155 Å². The number of hydrogen-bond donors (Lipinski definition) is 0. The summed E-state index contributed by atoms with van der Waals surface area (Å²) in [6, 6.07) is 44.1. The minimum absolute atomic E-state index is 0. The average Bonchev–Trinajstić information content (AvgIpc) is 3.66. The van der Waals surface area contributed by atoms with Gasteiger partial charge in [0.2, 0.25) is 0 Å². The van der Waals surface area contributed by atoms with Gasteiger partial charge in [0, 0.05) is 28.5 Å². The van der Waals surface area contributed by atoms with Crippen molar-refractivity contribution in [1.29, 1.82) is 0 Å². The largest absolute Gasteiger partial charge is 2.00 e. The predicted molar refractivity (Wildman–Crippen MR) is 249 cm³/mol. The number of pyridine rings is 1. The third-order valence-electron chi connectivity index (χ3n) is 12.5. The Hall–Kier alpha value is -4.99. The minimum Gasteiger partial charge on any atom is -0.512 e. The number of rotatable bonds is 8. The third kappa shape index (κ3) is 8.12. The molecule has 316 valence electrons. The molecule has 0 amide bonds. The molecule has 0 spiro atoms. The molecule has 0 N–H and O–H groups in total. The van der Waals surface area contributed by atoms with Gasteiger partial charge in [0.05, 0.1) is 5.52 Å². The molecule has 0 radical (unpaired) electrons. The fourth-order valence-corrected chi connectivity index (χ4v) is 8.55. The van der Waals surface area contributed by atoms with Crippen molar-refractivity contribution in [2.75, 3.05) is 0 Å². The van der Waals surface area contributed by atoms with Crippen LogP contribution in [0, 0.1) is 12.1 Å². The van der Waals surface area contributed by atoms with Gasteiger partial charge in [-0.05, 0) is 95.5 Å². The van der Waals surface area contributed by atoms with Gasteiger partial charge < -0.3 is 14.0 Å². The molecule has 7 aromatic rings. The second-order valence-corrected chi connectivity index (χ2v) is 19.9. The molecule has 61 heavy (non-hydrogen) atoms. The van der Waals surface area contributed by atoms with Gasteiger partial charge in [-0.15, -0.1) is 29.8 Å². The van der Waals surface area contributed by atoms with Gasteiger partial charge in [0.1, 0.15) is 22.7 Å². The Morgan fingerprint density at radius 1 is 0.672 bits per heavy atom. The van der Waals surface area contributed by atoms with Crippen LogP contribution in [0.2, 0.25) is 0 Å². The summed E-state index contributed by atoms with van der Waals surface area (Å²) in [4.78, 5) is 10.3. The molecule has 1 aliphatic rings. The number of hydrogen-bond acceptors (Lipinski definition) is 4. The molecular formula is C55H59N3O2Pt. The van der Waals surface area contributed by atoms with Crippen LogP contribution in [0.15, 0.2) is 114 Å². The molecule has 0 fully saturated rings. The quantitative estimate of drug-likeness (QED) is 0.143. The van der Waals surface area contributed by atoms with E-state index >= 15 is 0 Å². The van der Waals surface area contributed by atoms with Crippen molar-refractivity contribution in [3.8, 4) is 28.3 Å². The topological polar surface area (TPSA) is 48.6 Å². The fourth-order valence-electron chi connectivity index (χ4n) is 8.55. The first kappa shape index (κ1) is 44.1. The van der Waals surface area contributed by atoms with Gasteiger partial charge >= 0.3 is 21.1 Å². The monoisotopic (exact) mass is 988 g/mol. The normalized spacial score (nSPS) is 16.5. The summed E-state index contributed by atoms with van der Waals surface area (Å²) < 4.78 is 16.1. The number of nitrogens with zero attached hydrogens (tertiary/aromatic N) is 3. The van der Waals surface area contributed by atoms with Gasteiger partial charge in [0.15, 0.2) is 0 Å². The van der Waals surface area contributed by atoms with Crippen molar-refractivity contribution in [3.63, 3.8) is 0 Å². The van der Waals surface area contributed by atoms with E-state index in [-0.39, 0.29) is 31.9 Å².